The van der Waals surface area contributed by atoms with Crippen molar-refractivity contribution in [3.63, 3.8) is 0 Å². The van der Waals surface area contributed by atoms with Crippen molar-refractivity contribution in [2.75, 3.05) is 6.54 Å². The third-order valence-corrected chi connectivity index (χ3v) is 5.26. The second-order valence-electron chi connectivity index (χ2n) is 5.67. The average Bonchev–Trinajstić information content (AvgIpc) is 3.01. The largest absolute Gasteiger partial charge is 0.573 e. The number of aromatic nitrogens is 2. The van der Waals surface area contributed by atoms with Crippen LogP contribution in [0.5, 0.6) is 5.75 Å². The summed E-state index contributed by atoms with van der Waals surface area (Å²) in [6.07, 6.45) is -2.89. The van der Waals surface area contributed by atoms with Crippen molar-refractivity contribution in [2.45, 2.75) is 24.2 Å². The van der Waals surface area contributed by atoms with Gasteiger partial charge in [-0.05, 0) is 30.7 Å². The minimum absolute atomic E-state index is 0.0508. The molecule has 3 aromatic rings. The molecule has 1 N–H and O–H groups in total. The van der Waals surface area contributed by atoms with E-state index in [2.05, 4.69) is 14.4 Å². The van der Waals surface area contributed by atoms with Crippen LogP contribution >= 0.6 is 0 Å². The number of rotatable bonds is 7. The molecular formula is C17H16F3N3O3S. The first-order chi connectivity index (χ1) is 12.8. The summed E-state index contributed by atoms with van der Waals surface area (Å²) in [7, 11) is -4.15. The van der Waals surface area contributed by atoms with Gasteiger partial charge in [0.25, 0.3) is 0 Å². The highest BCUT2D eigenvalue weighted by Crippen LogP contribution is 2.29. The first-order valence-corrected chi connectivity index (χ1v) is 9.49. The van der Waals surface area contributed by atoms with Gasteiger partial charge in [-0.25, -0.2) is 18.1 Å². The standard InChI is InChI=1S/C17H16F3N3O3S/c18-17(19,20)26-15-8-3-4-9-16(15)27(24,25)22-10-5-11-23-12-21-13-6-1-2-7-14(13)23/h1-4,6-9,12,22H,5,10-11H2. The lowest BCUT2D eigenvalue weighted by molar-refractivity contribution is -0.275. The molecule has 2 aromatic carbocycles. The predicted octanol–water partition coefficient (Wildman–Crippen LogP) is 3.30. The summed E-state index contributed by atoms with van der Waals surface area (Å²) < 4.78 is 70.0. The molecule has 10 heteroatoms. The van der Waals surface area contributed by atoms with Crippen LogP contribution in [0.1, 0.15) is 6.42 Å². The molecule has 0 unspecified atom stereocenters. The van der Waals surface area contributed by atoms with Crippen LogP contribution in [0.2, 0.25) is 0 Å². The van der Waals surface area contributed by atoms with Crippen LogP contribution < -0.4 is 9.46 Å². The fourth-order valence-corrected chi connectivity index (χ4v) is 3.80. The van der Waals surface area contributed by atoms with Crippen LogP contribution in [0.3, 0.4) is 0 Å². The smallest absolute Gasteiger partial charge is 0.404 e. The number of ether oxygens (including phenoxy) is 1. The highest BCUT2D eigenvalue weighted by atomic mass is 32.2. The predicted molar refractivity (Wildman–Crippen MR) is 92.7 cm³/mol. The SMILES string of the molecule is O=S(=O)(NCCCn1cnc2ccccc21)c1ccccc1OC(F)(F)F. The van der Waals surface area contributed by atoms with Gasteiger partial charge in [-0.1, -0.05) is 24.3 Å². The number of hydrogen-bond donors (Lipinski definition) is 1. The fraction of sp³-hybridized carbons (Fsp3) is 0.235. The van der Waals surface area contributed by atoms with Crippen molar-refractivity contribution in [1.82, 2.24) is 14.3 Å². The number of hydrogen-bond acceptors (Lipinski definition) is 4. The highest BCUT2D eigenvalue weighted by Gasteiger charge is 2.33. The van der Waals surface area contributed by atoms with Crippen LogP contribution in [0.4, 0.5) is 13.2 Å². The zero-order valence-electron chi connectivity index (χ0n) is 14.0. The third kappa shape index (κ3) is 4.77. The van der Waals surface area contributed by atoms with Crippen LogP contribution in [0, 0.1) is 0 Å². The van der Waals surface area contributed by atoms with Gasteiger partial charge >= 0.3 is 6.36 Å². The van der Waals surface area contributed by atoms with E-state index in [9.17, 15) is 21.6 Å². The lowest BCUT2D eigenvalue weighted by Gasteiger charge is -2.14. The Morgan fingerprint density at radius 2 is 1.78 bits per heavy atom. The molecule has 1 aromatic heterocycles. The number of halogens is 3. The molecule has 0 aliphatic carbocycles. The molecule has 0 amide bonds. The van der Waals surface area contributed by atoms with E-state index in [0.717, 1.165) is 23.2 Å². The van der Waals surface area contributed by atoms with E-state index < -0.39 is 27.0 Å². The summed E-state index contributed by atoms with van der Waals surface area (Å²) in [6.45, 7) is 0.554. The van der Waals surface area contributed by atoms with Crippen molar-refractivity contribution in [3.8, 4) is 5.75 Å². The molecule has 0 aliphatic rings. The van der Waals surface area contributed by atoms with Gasteiger partial charge < -0.3 is 9.30 Å². The van der Waals surface area contributed by atoms with Crippen LogP contribution in [-0.4, -0.2) is 30.9 Å². The zero-order chi connectivity index (χ0) is 19.5. The van der Waals surface area contributed by atoms with Crippen molar-refractivity contribution in [2.24, 2.45) is 0 Å². The normalized spacial score (nSPS) is 12.4. The van der Waals surface area contributed by atoms with Gasteiger partial charge in [0, 0.05) is 13.1 Å². The number of imidazole rings is 1. The van der Waals surface area contributed by atoms with Gasteiger partial charge in [0.15, 0.2) is 0 Å². The Hall–Kier alpha value is -2.59. The maximum atomic E-state index is 12.5. The van der Waals surface area contributed by atoms with Gasteiger partial charge in [0.2, 0.25) is 10.0 Å². The first-order valence-electron chi connectivity index (χ1n) is 8.00. The number of fused-ring (bicyclic) bond motifs is 1. The summed E-state index contributed by atoms with van der Waals surface area (Å²) in [4.78, 5) is 3.68. The quantitative estimate of drug-likeness (QED) is 0.619. The molecule has 144 valence electrons. The van der Waals surface area contributed by atoms with Gasteiger partial charge in [0.05, 0.1) is 17.4 Å². The summed E-state index contributed by atoms with van der Waals surface area (Å²) in [5.41, 5.74) is 1.75. The molecule has 0 saturated carbocycles. The molecule has 1 heterocycles. The number of alkyl halides is 3. The molecule has 3 rings (SSSR count). The van der Waals surface area contributed by atoms with E-state index >= 15 is 0 Å². The van der Waals surface area contributed by atoms with Crippen LogP contribution in [0.25, 0.3) is 11.0 Å². The Kier molecular flexibility index (Phi) is 5.38. The van der Waals surface area contributed by atoms with E-state index in [-0.39, 0.29) is 6.54 Å². The fourth-order valence-electron chi connectivity index (χ4n) is 2.60. The zero-order valence-corrected chi connectivity index (χ0v) is 14.8. The second-order valence-corrected chi connectivity index (χ2v) is 7.41. The molecule has 0 spiro atoms. The molecule has 0 saturated heterocycles. The van der Waals surface area contributed by atoms with Gasteiger partial charge in [-0.2, -0.15) is 0 Å². The van der Waals surface area contributed by atoms with Crippen molar-refractivity contribution in [1.29, 1.82) is 0 Å². The molecule has 0 fully saturated rings. The Morgan fingerprint density at radius 3 is 2.56 bits per heavy atom. The number of aryl methyl sites for hydroxylation is 1. The number of nitrogens with one attached hydrogen (secondary N) is 1. The minimum Gasteiger partial charge on any atom is -0.404 e. The molecule has 0 bridgehead atoms. The van der Waals surface area contributed by atoms with E-state index in [4.69, 9.17) is 0 Å². The molecule has 0 radical (unpaired) electrons. The van der Waals surface area contributed by atoms with Crippen LogP contribution in [0.15, 0.2) is 59.8 Å². The lowest BCUT2D eigenvalue weighted by atomic mass is 10.3. The molecule has 6 nitrogen and oxygen atoms in total. The van der Waals surface area contributed by atoms with E-state index in [1.54, 1.807) is 6.33 Å². The van der Waals surface area contributed by atoms with Crippen LogP contribution in [-0.2, 0) is 16.6 Å². The van der Waals surface area contributed by atoms with E-state index in [0.29, 0.717) is 13.0 Å². The van der Waals surface area contributed by atoms with E-state index in [1.807, 2.05) is 28.8 Å². The van der Waals surface area contributed by atoms with E-state index in [1.165, 1.54) is 12.1 Å². The topological polar surface area (TPSA) is 73.2 Å². The Labute approximate surface area is 153 Å². The number of nitrogens with zero attached hydrogens (tertiary/aromatic N) is 2. The summed E-state index contributed by atoms with van der Waals surface area (Å²) in [5.74, 6) is -0.766. The monoisotopic (exact) mass is 399 g/mol. The Balaban J connectivity index is 1.64. The van der Waals surface area contributed by atoms with Gasteiger partial charge in [0.1, 0.15) is 10.6 Å². The maximum Gasteiger partial charge on any atom is 0.573 e. The molecule has 0 aliphatic heterocycles. The first kappa shape index (κ1) is 19.2. The summed E-state index contributed by atoms with van der Waals surface area (Å²) in [5, 5.41) is 0. The Bertz CT molecular complexity index is 1030. The second kappa shape index (κ2) is 7.57. The van der Waals surface area contributed by atoms with Crippen molar-refractivity contribution in [3.05, 3.63) is 54.9 Å². The molecule has 0 atom stereocenters. The van der Waals surface area contributed by atoms with Crippen molar-refractivity contribution < 1.29 is 26.3 Å². The van der Waals surface area contributed by atoms with Crippen molar-refractivity contribution >= 4 is 21.1 Å². The highest BCUT2D eigenvalue weighted by molar-refractivity contribution is 7.89. The lowest BCUT2D eigenvalue weighted by Crippen LogP contribution is -2.27. The third-order valence-electron chi connectivity index (χ3n) is 3.76. The maximum absolute atomic E-state index is 12.5. The number of benzene rings is 2. The number of para-hydroxylation sites is 3. The minimum atomic E-state index is -4.98. The number of sulfonamides is 1. The summed E-state index contributed by atoms with van der Waals surface area (Å²) in [6, 6.07) is 12.1. The molecular weight excluding hydrogens is 383 g/mol. The van der Waals surface area contributed by atoms with Gasteiger partial charge in [-0.3, -0.25) is 0 Å². The summed E-state index contributed by atoms with van der Waals surface area (Å²) >= 11 is 0. The Morgan fingerprint density at radius 1 is 1.07 bits per heavy atom. The average molecular weight is 399 g/mol. The van der Waals surface area contributed by atoms with Gasteiger partial charge in [-0.15, -0.1) is 13.2 Å². The molecule has 27 heavy (non-hydrogen) atoms.